The molecule has 0 fully saturated rings. The zero-order chi connectivity index (χ0) is 14.7. The molecule has 0 amide bonds. The van der Waals surface area contributed by atoms with Crippen LogP contribution in [0.15, 0.2) is 36.4 Å². The van der Waals surface area contributed by atoms with Crippen molar-refractivity contribution in [2.75, 3.05) is 18.2 Å². The van der Waals surface area contributed by atoms with E-state index in [1.807, 2.05) is 19.1 Å². The van der Waals surface area contributed by atoms with Crippen LogP contribution in [0.4, 0.5) is 20.2 Å². The molecule has 3 nitrogen and oxygen atoms in total. The Balaban J connectivity index is 2.20. The molecule has 0 saturated carbocycles. The second-order valence-corrected chi connectivity index (χ2v) is 4.50. The molecule has 2 aromatic rings. The van der Waals surface area contributed by atoms with Crippen molar-refractivity contribution in [1.82, 2.24) is 0 Å². The number of hydrogen-bond acceptors (Lipinski definition) is 3. The Labute approximate surface area is 116 Å². The predicted molar refractivity (Wildman–Crippen MR) is 75.8 cm³/mol. The molecular formula is C15H16F2N2O. The predicted octanol–water partition coefficient (Wildman–Crippen LogP) is 3.73. The lowest BCUT2D eigenvalue weighted by Gasteiger charge is -2.17. The lowest BCUT2D eigenvalue weighted by atomic mass is 10.1. The van der Waals surface area contributed by atoms with E-state index in [-0.39, 0.29) is 17.4 Å². The van der Waals surface area contributed by atoms with Gasteiger partial charge < -0.3 is 15.8 Å². The monoisotopic (exact) mass is 278 g/mol. The van der Waals surface area contributed by atoms with Crippen LogP contribution in [-0.2, 0) is 0 Å². The smallest absolute Gasteiger partial charge is 0.151 e. The maximum atomic E-state index is 13.7. The summed E-state index contributed by atoms with van der Waals surface area (Å²) >= 11 is 0. The number of hydrogen-bond donors (Lipinski definition) is 2. The quantitative estimate of drug-likeness (QED) is 0.838. The van der Waals surface area contributed by atoms with E-state index in [2.05, 4.69) is 5.32 Å². The van der Waals surface area contributed by atoms with Gasteiger partial charge in [0, 0.05) is 11.7 Å². The van der Waals surface area contributed by atoms with Crippen LogP contribution in [-0.4, -0.2) is 7.11 Å². The van der Waals surface area contributed by atoms with E-state index < -0.39 is 11.6 Å². The van der Waals surface area contributed by atoms with Gasteiger partial charge in [0.15, 0.2) is 11.6 Å². The zero-order valence-electron chi connectivity index (χ0n) is 11.3. The summed E-state index contributed by atoms with van der Waals surface area (Å²) in [6, 6.07) is 9.19. The number of benzene rings is 2. The van der Waals surface area contributed by atoms with E-state index in [9.17, 15) is 8.78 Å². The molecule has 0 aliphatic rings. The molecule has 0 heterocycles. The van der Waals surface area contributed by atoms with E-state index in [0.717, 1.165) is 23.4 Å². The molecule has 2 rings (SSSR count). The third-order valence-corrected chi connectivity index (χ3v) is 3.04. The van der Waals surface area contributed by atoms with Gasteiger partial charge in [0.05, 0.1) is 7.11 Å². The van der Waals surface area contributed by atoms with Gasteiger partial charge in [0.1, 0.15) is 11.4 Å². The third kappa shape index (κ3) is 2.99. The summed E-state index contributed by atoms with van der Waals surface area (Å²) in [6.07, 6.45) is 0. The maximum absolute atomic E-state index is 13.7. The Kier molecular flexibility index (Phi) is 4.08. The highest BCUT2D eigenvalue weighted by Crippen LogP contribution is 2.27. The number of anilines is 2. The summed E-state index contributed by atoms with van der Waals surface area (Å²) in [6.45, 7) is 1.82. The summed E-state index contributed by atoms with van der Waals surface area (Å²) in [7, 11) is 1.58. The van der Waals surface area contributed by atoms with Crippen LogP contribution in [0.5, 0.6) is 5.75 Å². The van der Waals surface area contributed by atoms with Crippen LogP contribution in [0.3, 0.4) is 0 Å². The van der Waals surface area contributed by atoms with Gasteiger partial charge in [-0.05, 0) is 36.8 Å². The highest BCUT2D eigenvalue weighted by Gasteiger charge is 2.14. The van der Waals surface area contributed by atoms with Crippen LogP contribution in [0.2, 0.25) is 0 Å². The SMILES string of the molecule is COc1ccc(C(C)Nc2c(F)cc(N)cc2F)cc1. The van der Waals surface area contributed by atoms with Crippen molar-refractivity contribution in [2.45, 2.75) is 13.0 Å². The molecule has 20 heavy (non-hydrogen) atoms. The minimum atomic E-state index is -0.706. The first kappa shape index (κ1) is 14.1. The van der Waals surface area contributed by atoms with E-state index in [4.69, 9.17) is 10.5 Å². The van der Waals surface area contributed by atoms with Crippen molar-refractivity contribution in [1.29, 1.82) is 0 Å². The molecule has 0 saturated heterocycles. The number of halogens is 2. The first-order chi connectivity index (χ1) is 9.51. The van der Waals surface area contributed by atoms with Crippen molar-refractivity contribution in [3.05, 3.63) is 53.6 Å². The molecule has 5 heteroatoms. The molecule has 0 aromatic heterocycles. The molecule has 1 atom stereocenters. The Morgan fingerprint density at radius 2 is 1.65 bits per heavy atom. The van der Waals surface area contributed by atoms with Crippen molar-refractivity contribution in [3.8, 4) is 5.75 Å². The molecule has 1 unspecified atom stereocenters. The fraction of sp³-hybridized carbons (Fsp3) is 0.200. The summed E-state index contributed by atoms with van der Waals surface area (Å²) in [5.74, 6) is -0.684. The molecule has 0 radical (unpaired) electrons. The first-order valence-corrected chi connectivity index (χ1v) is 6.16. The standard InChI is InChI=1S/C15H16F2N2O/c1-9(10-3-5-12(20-2)6-4-10)19-15-13(16)7-11(18)8-14(15)17/h3-9,19H,18H2,1-2H3. The molecule has 3 N–H and O–H groups in total. The molecule has 0 spiro atoms. The highest BCUT2D eigenvalue weighted by atomic mass is 19.1. The Hall–Kier alpha value is -2.30. The second kappa shape index (κ2) is 5.77. The number of ether oxygens (including phenoxy) is 1. The summed E-state index contributed by atoms with van der Waals surface area (Å²) in [5, 5.41) is 2.81. The largest absolute Gasteiger partial charge is 0.497 e. The van der Waals surface area contributed by atoms with Gasteiger partial charge in [0.2, 0.25) is 0 Å². The Morgan fingerprint density at radius 1 is 1.10 bits per heavy atom. The molecular weight excluding hydrogens is 262 g/mol. The third-order valence-electron chi connectivity index (χ3n) is 3.04. The topological polar surface area (TPSA) is 47.3 Å². The van der Waals surface area contributed by atoms with Crippen LogP contribution >= 0.6 is 0 Å². The normalized spacial score (nSPS) is 12.0. The van der Waals surface area contributed by atoms with Gasteiger partial charge in [0.25, 0.3) is 0 Å². The minimum absolute atomic E-state index is 0.0580. The lowest BCUT2D eigenvalue weighted by molar-refractivity contribution is 0.414. The number of methoxy groups -OCH3 is 1. The van der Waals surface area contributed by atoms with Gasteiger partial charge in [-0.3, -0.25) is 0 Å². The Morgan fingerprint density at radius 3 is 2.15 bits per heavy atom. The minimum Gasteiger partial charge on any atom is -0.497 e. The first-order valence-electron chi connectivity index (χ1n) is 6.16. The molecule has 106 valence electrons. The van der Waals surface area contributed by atoms with Crippen LogP contribution in [0.25, 0.3) is 0 Å². The summed E-state index contributed by atoms with van der Waals surface area (Å²) in [5.41, 5.74) is 6.15. The molecule has 0 bridgehead atoms. The average molecular weight is 278 g/mol. The lowest BCUT2D eigenvalue weighted by Crippen LogP contribution is -2.10. The van der Waals surface area contributed by atoms with Crippen LogP contribution in [0, 0.1) is 11.6 Å². The van der Waals surface area contributed by atoms with Gasteiger partial charge >= 0.3 is 0 Å². The van der Waals surface area contributed by atoms with Gasteiger partial charge in [-0.1, -0.05) is 12.1 Å². The number of nitrogen functional groups attached to an aromatic ring is 1. The molecule has 0 aliphatic heterocycles. The summed E-state index contributed by atoms with van der Waals surface area (Å²) < 4.78 is 32.5. The summed E-state index contributed by atoms with van der Waals surface area (Å²) in [4.78, 5) is 0. The van der Waals surface area contributed by atoms with Crippen LogP contribution < -0.4 is 15.8 Å². The molecule has 0 aliphatic carbocycles. The van der Waals surface area contributed by atoms with E-state index in [1.54, 1.807) is 19.2 Å². The van der Waals surface area contributed by atoms with Gasteiger partial charge in [-0.15, -0.1) is 0 Å². The van der Waals surface area contributed by atoms with Crippen LogP contribution in [0.1, 0.15) is 18.5 Å². The Bertz CT molecular complexity index is 576. The number of rotatable bonds is 4. The van der Waals surface area contributed by atoms with Gasteiger partial charge in [-0.25, -0.2) is 8.78 Å². The van der Waals surface area contributed by atoms with Gasteiger partial charge in [-0.2, -0.15) is 0 Å². The number of nitrogens with one attached hydrogen (secondary N) is 1. The zero-order valence-corrected chi connectivity index (χ0v) is 11.3. The van der Waals surface area contributed by atoms with E-state index >= 15 is 0 Å². The highest BCUT2D eigenvalue weighted by molar-refractivity contribution is 5.55. The average Bonchev–Trinajstić information content (AvgIpc) is 2.42. The van der Waals surface area contributed by atoms with Crippen molar-refractivity contribution < 1.29 is 13.5 Å². The number of nitrogens with two attached hydrogens (primary N) is 1. The second-order valence-electron chi connectivity index (χ2n) is 4.50. The van der Waals surface area contributed by atoms with E-state index in [1.165, 1.54) is 0 Å². The fourth-order valence-electron chi connectivity index (χ4n) is 1.92. The van der Waals surface area contributed by atoms with Crippen molar-refractivity contribution in [2.24, 2.45) is 0 Å². The maximum Gasteiger partial charge on any atom is 0.151 e. The fourth-order valence-corrected chi connectivity index (χ4v) is 1.92. The van der Waals surface area contributed by atoms with Crippen molar-refractivity contribution in [3.63, 3.8) is 0 Å². The van der Waals surface area contributed by atoms with Crippen molar-refractivity contribution >= 4 is 11.4 Å². The van der Waals surface area contributed by atoms with E-state index in [0.29, 0.717) is 0 Å². The molecule has 2 aromatic carbocycles.